The zero-order valence-electron chi connectivity index (χ0n) is 12.1. The Balaban J connectivity index is 2.04. The number of hydrogen-bond donors (Lipinski definition) is 3. The van der Waals surface area contributed by atoms with Gasteiger partial charge in [-0.1, -0.05) is 0 Å². The van der Waals surface area contributed by atoms with Crippen molar-refractivity contribution in [3.63, 3.8) is 0 Å². The van der Waals surface area contributed by atoms with Crippen molar-refractivity contribution in [1.82, 2.24) is 19.7 Å². The number of carbonyl (C=O) groups excluding carboxylic acids is 1. The second-order valence-electron chi connectivity index (χ2n) is 4.85. The molecular formula is C13H17N5O3. The highest BCUT2D eigenvalue weighted by atomic mass is 16.2. The third-order valence-corrected chi connectivity index (χ3v) is 3.13. The van der Waals surface area contributed by atoms with Gasteiger partial charge in [-0.15, -0.1) is 0 Å². The van der Waals surface area contributed by atoms with Gasteiger partial charge in [0.05, 0.1) is 5.69 Å². The molecular weight excluding hydrogens is 274 g/mol. The molecule has 0 aliphatic rings. The molecule has 0 aromatic carbocycles. The van der Waals surface area contributed by atoms with Gasteiger partial charge in [0.25, 0.3) is 5.56 Å². The predicted molar refractivity (Wildman–Crippen MR) is 77.3 cm³/mol. The van der Waals surface area contributed by atoms with E-state index in [0.29, 0.717) is 17.1 Å². The maximum Gasteiger partial charge on any atom is 0.325 e. The summed E-state index contributed by atoms with van der Waals surface area (Å²) in [7, 11) is 1.74. The highest BCUT2D eigenvalue weighted by molar-refractivity contribution is 5.90. The lowest BCUT2D eigenvalue weighted by Gasteiger charge is -2.06. The molecule has 0 saturated carbocycles. The number of anilines is 1. The Bertz CT molecular complexity index is 784. The predicted octanol–water partition coefficient (Wildman–Crippen LogP) is -0.0152. The highest BCUT2D eigenvalue weighted by Crippen LogP contribution is 2.09. The van der Waals surface area contributed by atoms with Crippen molar-refractivity contribution in [3.05, 3.63) is 43.9 Å². The van der Waals surface area contributed by atoms with Crippen molar-refractivity contribution in [2.75, 3.05) is 5.32 Å². The molecule has 0 atom stereocenters. The summed E-state index contributed by atoms with van der Waals surface area (Å²) in [5, 5.41) is 6.86. The van der Waals surface area contributed by atoms with Crippen LogP contribution < -0.4 is 16.6 Å². The molecule has 1 amide bonds. The minimum absolute atomic E-state index is 0.139. The van der Waals surface area contributed by atoms with Crippen molar-refractivity contribution < 1.29 is 4.79 Å². The number of amides is 1. The summed E-state index contributed by atoms with van der Waals surface area (Å²) < 4.78 is 1.57. The van der Waals surface area contributed by atoms with E-state index < -0.39 is 11.2 Å². The summed E-state index contributed by atoms with van der Waals surface area (Å²) in [5.41, 5.74) is 0.691. The van der Waals surface area contributed by atoms with Crippen LogP contribution in [0.5, 0.6) is 0 Å². The molecule has 0 aliphatic heterocycles. The average molecular weight is 291 g/mol. The van der Waals surface area contributed by atoms with Crippen LogP contribution in [0.4, 0.5) is 5.82 Å². The Labute approximate surface area is 120 Å². The van der Waals surface area contributed by atoms with Gasteiger partial charge in [-0.2, -0.15) is 5.10 Å². The number of carbonyl (C=O) groups is 1. The zero-order chi connectivity index (χ0) is 15.6. The highest BCUT2D eigenvalue weighted by Gasteiger charge is 2.11. The maximum absolute atomic E-state index is 11.9. The molecule has 2 aromatic rings. The number of hydrogen-bond acceptors (Lipinski definition) is 4. The van der Waals surface area contributed by atoms with E-state index in [1.165, 1.54) is 0 Å². The van der Waals surface area contributed by atoms with E-state index in [9.17, 15) is 14.4 Å². The molecule has 2 heterocycles. The molecule has 2 aromatic heterocycles. The van der Waals surface area contributed by atoms with E-state index in [2.05, 4.69) is 20.4 Å². The lowest BCUT2D eigenvalue weighted by Crippen LogP contribution is -2.27. The second kappa shape index (κ2) is 5.78. The van der Waals surface area contributed by atoms with Crippen molar-refractivity contribution >= 4 is 11.7 Å². The lowest BCUT2D eigenvalue weighted by molar-refractivity contribution is -0.116. The quantitative estimate of drug-likeness (QED) is 0.735. The fourth-order valence-electron chi connectivity index (χ4n) is 2.10. The van der Waals surface area contributed by atoms with Crippen LogP contribution in [0.1, 0.15) is 23.4 Å². The summed E-state index contributed by atoms with van der Waals surface area (Å²) in [6, 6.07) is 1.76. The first-order valence-electron chi connectivity index (χ1n) is 6.49. The van der Waals surface area contributed by atoms with Gasteiger partial charge in [0, 0.05) is 30.8 Å². The van der Waals surface area contributed by atoms with Gasteiger partial charge in [0.2, 0.25) is 5.91 Å². The molecule has 112 valence electrons. The average Bonchev–Trinajstić information content (AvgIpc) is 2.66. The standard InChI is InChI=1S/C13H17N5O3/c1-7-6-10(18(3)17-7)15-11(19)5-4-9-8(2)14-13(21)16-12(9)20/h6H,4-5H2,1-3H3,(H,15,19)(H2,14,16,20,21). The number of aromatic nitrogens is 4. The minimum atomic E-state index is -0.545. The number of H-pyrrole nitrogens is 2. The second-order valence-corrected chi connectivity index (χ2v) is 4.85. The molecule has 21 heavy (non-hydrogen) atoms. The summed E-state index contributed by atoms with van der Waals surface area (Å²) in [4.78, 5) is 39.3. The first-order valence-corrected chi connectivity index (χ1v) is 6.49. The van der Waals surface area contributed by atoms with E-state index in [-0.39, 0.29) is 18.7 Å². The van der Waals surface area contributed by atoms with Gasteiger partial charge in [0.1, 0.15) is 5.82 Å². The van der Waals surface area contributed by atoms with Gasteiger partial charge < -0.3 is 10.3 Å². The van der Waals surface area contributed by atoms with Gasteiger partial charge in [-0.3, -0.25) is 19.3 Å². The van der Waals surface area contributed by atoms with E-state index >= 15 is 0 Å². The fraction of sp³-hybridized carbons (Fsp3) is 0.385. The van der Waals surface area contributed by atoms with Crippen LogP contribution in [0, 0.1) is 13.8 Å². The summed E-state index contributed by atoms with van der Waals surface area (Å²) in [6.45, 7) is 3.47. The Morgan fingerprint density at radius 1 is 1.33 bits per heavy atom. The van der Waals surface area contributed by atoms with Gasteiger partial charge >= 0.3 is 5.69 Å². The molecule has 0 unspecified atom stereocenters. The molecule has 0 saturated heterocycles. The number of rotatable bonds is 4. The van der Waals surface area contributed by atoms with Gasteiger partial charge in [-0.25, -0.2) is 4.79 Å². The molecule has 0 aliphatic carbocycles. The van der Waals surface area contributed by atoms with Crippen LogP contribution in [0.15, 0.2) is 15.7 Å². The van der Waals surface area contributed by atoms with Crippen LogP contribution in [0.3, 0.4) is 0 Å². The van der Waals surface area contributed by atoms with E-state index in [1.807, 2.05) is 6.92 Å². The molecule has 0 radical (unpaired) electrons. The topological polar surface area (TPSA) is 113 Å². The van der Waals surface area contributed by atoms with Crippen molar-refractivity contribution in [2.24, 2.45) is 7.05 Å². The lowest BCUT2D eigenvalue weighted by atomic mass is 10.1. The van der Waals surface area contributed by atoms with Gasteiger partial charge in [0.15, 0.2) is 0 Å². The number of aryl methyl sites for hydroxylation is 3. The largest absolute Gasteiger partial charge is 0.325 e. The molecule has 8 heteroatoms. The molecule has 3 N–H and O–H groups in total. The first kappa shape index (κ1) is 14.8. The Morgan fingerprint density at radius 2 is 2.05 bits per heavy atom. The Kier molecular flexibility index (Phi) is 4.06. The van der Waals surface area contributed by atoms with E-state index in [1.54, 1.807) is 24.7 Å². The monoisotopic (exact) mass is 291 g/mol. The van der Waals surface area contributed by atoms with Crippen LogP contribution in [0.2, 0.25) is 0 Å². The zero-order valence-corrected chi connectivity index (χ0v) is 12.1. The smallest absolute Gasteiger partial charge is 0.311 e. The number of aromatic amines is 2. The van der Waals surface area contributed by atoms with Crippen molar-refractivity contribution in [2.45, 2.75) is 26.7 Å². The van der Waals surface area contributed by atoms with Crippen molar-refractivity contribution in [3.8, 4) is 0 Å². The maximum atomic E-state index is 11.9. The molecule has 0 spiro atoms. The normalized spacial score (nSPS) is 10.6. The Hall–Kier alpha value is -2.64. The molecule has 2 rings (SSSR count). The first-order chi connectivity index (χ1) is 9.86. The van der Waals surface area contributed by atoms with Crippen LogP contribution in [0.25, 0.3) is 0 Å². The fourth-order valence-corrected chi connectivity index (χ4v) is 2.10. The summed E-state index contributed by atoms with van der Waals surface area (Å²) >= 11 is 0. The summed E-state index contributed by atoms with van der Waals surface area (Å²) in [5.74, 6) is 0.382. The van der Waals surface area contributed by atoms with E-state index in [4.69, 9.17) is 0 Å². The van der Waals surface area contributed by atoms with E-state index in [0.717, 1.165) is 5.69 Å². The number of nitrogens with zero attached hydrogens (tertiary/aromatic N) is 2. The third kappa shape index (κ3) is 3.47. The minimum Gasteiger partial charge on any atom is -0.311 e. The van der Waals surface area contributed by atoms with Crippen LogP contribution >= 0.6 is 0 Å². The Morgan fingerprint density at radius 3 is 2.62 bits per heavy atom. The number of nitrogens with one attached hydrogen (secondary N) is 3. The molecule has 0 fully saturated rings. The van der Waals surface area contributed by atoms with Gasteiger partial charge in [-0.05, 0) is 20.3 Å². The van der Waals surface area contributed by atoms with Crippen LogP contribution in [-0.2, 0) is 18.3 Å². The van der Waals surface area contributed by atoms with Crippen LogP contribution in [-0.4, -0.2) is 25.7 Å². The SMILES string of the molecule is Cc1cc(NC(=O)CCc2c(C)[nH]c(=O)[nH]c2=O)n(C)n1. The molecule has 8 nitrogen and oxygen atoms in total. The molecule has 0 bridgehead atoms. The third-order valence-electron chi connectivity index (χ3n) is 3.13. The summed E-state index contributed by atoms with van der Waals surface area (Å²) in [6.07, 6.45) is 0.390. The van der Waals surface area contributed by atoms with Crippen molar-refractivity contribution in [1.29, 1.82) is 0 Å².